The van der Waals surface area contributed by atoms with E-state index in [4.69, 9.17) is 4.74 Å². The van der Waals surface area contributed by atoms with E-state index in [1.807, 2.05) is 0 Å². The van der Waals surface area contributed by atoms with Gasteiger partial charge in [0.2, 0.25) is 10.0 Å². The Bertz CT molecular complexity index is 545. The maximum Gasteiger partial charge on any atom is 0.240 e. The van der Waals surface area contributed by atoms with Gasteiger partial charge in [-0.05, 0) is 31.9 Å². The van der Waals surface area contributed by atoms with E-state index in [1.54, 1.807) is 0 Å². The van der Waals surface area contributed by atoms with E-state index in [1.165, 1.54) is 31.2 Å². The summed E-state index contributed by atoms with van der Waals surface area (Å²) < 4.78 is 32.1. The van der Waals surface area contributed by atoms with E-state index in [-0.39, 0.29) is 16.7 Å². The molecule has 1 aliphatic heterocycles. The van der Waals surface area contributed by atoms with Gasteiger partial charge in [0.15, 0.2) is 5.78 Å². The topological polar surface area (TPSA) is 72.5 Å². The first kappa shape index (κ1) is 14.2. The van der Waals surface area contributed by atoms with Crippen LogP contribution < -0.4 is 4.72 Å². The molecule has 0 radical (unpaired) electrons. The van der Waals surface area contributed by atoms with Crippen LogP contribution in [0, 0.1) is 0 Å². The molecule has 0 aliphatic carbocycles. The summed E-state index contributed by atoms with van der Waals surface area (Å²) in [5.74, 6) is -0.0856. The summed E-state index contributed by atoms with van der Waals surface area (Å²) in [5.41, 5.74) is 0.500. The van der Waals surface area contributed by atoms with Crippen molar-refractivity contribution in [3.8, 4) is 0 Å². The van der Waals surface area contributed by atoms with Crippen LogP contribution in [0.25, 0.3) is 0 Å². The summed E-state index contributed by atoms with van der Waals surface area (Å²) >= 11 is 0. The Balaban J connectivity index is 2.12. The first-order valence-corrected chi connectivity index (χ1v) is 7.68. The van der Waals surface area contributed by atoms with E-state index in [0.717, 1.165) is 12.8 Å². The number of carbonyl (C=O) groups is 1. The number of ketones is 1. The zero-order chi connectivity index (χ0) is 13.9. The predicted molar refractivity (Wildman–Crippen MR) is 70.6 cm³/mol. The minimum Gasteiger partial charge on any atom is -0.380 e. The van der Waals surface area contributed by atoms with Crippen LogP contribution in [0.5, 0.6) is 0 Å². The highest BCUT2D eigenvalue weighted by molar-refractivity contribution is 7.89. The molecule has 1 unspecified atom stereocenters. The third-order valence-corrected chi connectivity index (χ3v) is 4.59. The van der Waals surface area contributed by atoms with Gasteiger partial charge in [-0.3, -0.25) is 4.79 Å². The van der Waals surface area contributed by atoms with Crippen molar-refractivity contribution in [1.82, 2.24) is 4.72 Å². The Hall–Kier alpha value is -1.24. The standard InChI is InChI=1S/C13H17NO4S/c1-10(15)11-4-6-13(7-5-11)19(16,17)14-12-3-2-8-18-9-12/h4-7,12,14H,2-3,8-9H2,1H3. The zero-order valence-corrected chi connectivity index (χ0v) is 11.6. The molecule has 0 bridgehead atoms. The number of ether oxygens (including phenoxy) is 1. The van der Waals surface area contributed by atoms with Gasteiger partial charge in [0, 0.05) is 18.2 Å². The summed E-state index contributed by atoms with van der Waals surface area (Å²) in [6, 6.07) is 5.76. The van der Waals surface area contributed by atoms with Crippen LogP contribution in [-0.2, 0) is 14.8 Å². The lowest BCUT2D eigenvalue weighted by Gasteiger charge is -2.22. The molecule has 1 heterocycles. The molecule has 0 aromatic heterocycles. The molecule has 1 aromatic rings. The van der Waals surface area contributed by atoms with Crippen molar-refractivity contribution >= 4 is 15.8 Å². The number of sulfonamides is 1. The van der Waals surface area contributed by atoms with Crippen LogP contribution in [0.15, 0.2) is 29.2 Å². The van der Waals surface area contributed by atoms with E-state index in [9.17, 15) is 13.2 Å². The second kappa shape index (κ2) is 5.81. The van der Waals surface area contributed by atoms with Crippen molar-refractivity contribution in [1.29, 1.82) is 0 Å². The van der Waals surface area contributed by atoms with Crippen molar-refractivity contribution in [3.63, 3.8) is 0 Å². The van der Waals surface area contributed by atoms with Crippen molar-refractivity contribution in [3.05, 3.63) is 29.8 Å². The largest absolute Gasteiger partial charge is 0.380 e. The second-order valence-corrected chi connectivity index (χ2v) is 6.33. The van der Waals surface area contributed by atoms with Gasteiger partial charge in [0.05, 0.1) is 11.5 Å². The van der Waals surface area contributed by atoms with Crippen molar-refractivity contribution in [2.45, 2.75) is 30.7 Å². The summed E-state index contributed by atoms with van der Waals surface area (Å²) in [4.78, 5) is 11.3. The maximum atomic E-state index is 12.1. The van der Waals surface area contributed by atoms with Gasteiger partial charge in [0.1, 0.15) is 0 Å². The molecule has 1 saturated heterocycles. The minimum absolute atomic E-state index is 0.0856. The SMILES string of the molecule is CC(=O)c1ccc(S(=O)(=O)NC2CCCOC2)cc1. The Morgan fingerprint density at radius 3 is 2.53 bits per heavy atom. The van der Waals surface area contributed by atoms with Crippen LogP contribution in [0.3, 0.4) is 0 Å². The lowest BCUT2D eigenvalue weighted by molar-refractivity contribution is 0.0774. The third-order valence-electron chi connectivity index (χ3n) is 3.05. The van der Waals surface area contributed by atoms with Gasteiger partial charge in [-0.25, -0.2) is 13.1 Å². The average molecular weight is 283 g/mol. The number of Topliss-reactive ketones (excluding diaryl/α,β-unsaturated/α-hetero) is 1. The fourth-order valence-corrected chi connectivity index (χ4v) is 3.25. The van der Waals surface area contributed by atoms with Crippen LogP contribution in [0.2, 0.25) is 0 Å². The molecule has 0 spiro atoms. The van der Waals surface area contributed by atoms with Gasteiger partial charge >= 0.3 is 0 Å². The molecule has 19 heavy (non-hydrogen) atoms. The van der Waals surface area contributed by atoms with E-state index in [2.05, 4.69) is 4.72 Å². The van der Waals surface area contributed by atoms with Crippen molar-refractivity contribution in [2.75, 3.05) is 13.2 Å². The number of hydrogen-bond donors (Lipinski definition) is 1. The van der Waals surface area contributed by atoms with Gasteiger partial charge in [-0.2, -0.15) is 0 Å². The number of nitrogens with one attached hydrogen (secondary N) is 1. The number of benzene rings is 1. The smallest absolute Gasteiger partial charge is 0.240 e. The zero-order valence-electron chi connectivity index (χ0n) is 10.8. The Morgan fingerprint density at radius 2 is 2.00 bits per heavy atom. The average Bonchev–Trinajstić information content (AvgIpc) is 2.39. The lowest BCUT2D eigenvalue weighted by Crippen LogP contribution is -2.40. The molecule has 1 fully saturated rings. The molecular weight excluding hydrogens is 266 g/mol. The highest BCUT2D eigenvalue weighted by Crippen LogP contribution is 2.14. The minimum atomic E-state index is -3.54. The fraction of sp³-hybridized carbons (Fsp3) is 0.462. The van der Waals surface area contributed by atoms with Gasteiger partial charge in [-0.15, -0.1) is 0 Å². The number of rotatable bonds is 4. The first-order chi connectivity index (χ1) is 8.99. The van der Waals surface area contributed by atoms with Crippen LogP contribution in [-0.4, -0.2) is 33.5 Å². The van der Waals surface area contributed by atoms with Crippen LogP contribution in [0.1, 0.15) is 30.1 Å². The summed E-state index contributed by atoms with van der Waals surface area (Å²) in [6.45, 7) is 2.54. The first-order valence-electron chi connectivity index (χ1n) is 6.20. The van der Waals surface area contributed by atoms with E-state index in [0.29, 0.717) is 18.8 Å². The molecule has 1 N–H and O–H groups in total. The highest BCUT2D eigenvalue weighted by atomic mass is 32.2. The Kier molecular flexibility index (Phi) is 4.34. The number of hydrogen-bond acceptors (Lipinski definition) is 4. The normalized spacial score (nSPS) is 20.2. The highest BCUT2D eigenvalue weighted by Gasteiger charge is 2.22. The molecule has 0 amide bonds. The molecule has 104 valence electrons. The molecule has 1 aromatic carbocycles. The molecule has 2 rings (SSSR count). The summed E-state index contributed by atoms with van der Waals surface area (Å²) in [6.07, 6.45) is 1.64. The molecule has 1 aliphatic rings. The van der Waals surface area contributed by atoms with E-state index < -0.39 is 10.0 Å². The van der Waals surface area contributed by atoms with Crippen molar-refractivity contribution in [2.24, 2.45) is 0 Å². The summed E-state index contributed by atoms with van der Waals surface area (Å²) in [5, 5.41) is 0. The molecular formula is C13H17NO4S. The Labute approximate surface area is 113 Å². The quantitative estimate of drug-likeness (QED) is 0.847. The monoisotopic (exact) mass is 283 g/mol. The Morgan fingerprint density at radius 1 is 1.32 bits per heavy atom. The summed E-state index contributed by atoms with van der Waals surface area (Å²) in [7, 11) is -3.54. The lowest BCUT2D eigenvalue weighted by atomic mass is 10.1. The van der Waals surface area contributed by atoms with E-state index >= 15 is 0 Å². The van der Waals surface area contributed by atoms with Gasteiger partial charge in [0.25, 0.3) is 0 Å². The van der Waals surface area contributed by atoms with Gasteiger partial charge in [-0.1, -0.05) is 12.1 Å². The van der Waals surface area contributed by atoms with Crippen LogP contribution in [0.4, 0.5) is 0 Å². The third kappa shape index (κ3) is 3.62. The van der Waals surface area contributed by atoms with Crippen LogP contribution >= 0.6 is 0 Å². The second-order valence-electron chi connectivity index (χ2n) is 4.62. The molecule has 5 nitrogen and oxygen atoms in total. The maximum absolute atomic E-state index is 12.1. The predicted octanol–water partition coefficient (Wildman–Crippen LogP) is 1.35. The molecule has 1 atom stereocenters. The van der Waals surface area contributed by atoms with Crippen molar-refractivity contribution < 1.29 is 17.9 Å². The fourth-order valence-electron chi connectivity index (χ4n) is 1.99. The molecule has 6 heteroatoms. The number of carbonyl (C=O) groups excluding carboxylic acids is 1. The molecule has 0 saturated carbocycles. The van der Waals surface area contributed by atoms with Gasteiger partial charge < -0.3 is 4.74 Å².